The minimum Gasteiger partial charge on any atom is -0.379 e. The summed E-state index contributed by atoms with van der Waals surface area (Å²) in [5.41, 5.74) is 0. The number of carbonyl (C=O) groups is 1. The molecule has 4 bridgehead atoms. The lowest BCUT2D eigenvalue weighted by molar-refractivity contribution is -0.0178. The molecule has 2 aliphatic carbocycles. The molecule has 0 aromatic carbocycles. The van der Waals surface area contributed by atoms with E-state index < -0.39 is 0 Å². The number of nitrogens with one attached hydrogen (secondary N) is 1. The summed E-state index contributed by atoms with van der Waals surface area (Å²) in [4.78, 5) is 17.5. The lowest BCUT2D eigenvalue weighted by atomic mass is 9.68. The van der Waals surface area contributed by atoms with Gasteiger partial charge in [-0.3, -0.25) is 4.90 Å². The maximum absolute atomic E-state index is 12.9. The first-order valence-corrected chi connectivity index (χ1v) is 9.98. The number of hydrogen-bond donors (Lipinski definition) is 1. The molecule has 5 rings (SSSR count). The van der Waals surface area contributed by atoms with Gasteiger partial charge in [0.25, 0.3) is 0 Å². The van der Waals surface area contributed by atoms with Gasteiger partial charge in [0.05, 0.1) is 13.2 Å². The third-order valence-corrected chi connectivity index (χ3v) is 6.90. The Labute approximate surface area is 146 Å². The third-order valence-electron chi connectivity index (χ3n) is 6.90. The molecule has 5 fully saturated rings. The van der Waals surface area contributed by atoms with Crippen LogP contribution in [0.15, 0.2) is 0 Å². The molecule has 2 saturated carbocycles. The summed E-state index contributed by atoms with van der Waals surface area (Å²) in [6, 6.07) is 1.49. The first-order chi connectivity index (χ1) is 11.6. The summed E-state index contributed by atoms with van der Waals surface area (Å²) in [5.74, 6) is 2.53. The van der Waals surface area contributed by atoms with Crippen LogP contribution in [0.2, 0.25) is 0 Å². The fraction of sp³-hybridized carbons (Fsp3) is 0.947. The second-order valence-electron chi connectivity index (χ2n) is 8.78. The number of hydrogen-bond acceptors (Lipinski definition) is 3. The number of amides is 2. The zero-order valence-electron chi connectivity index (χ0n) is 15.2. The van der Waals surface area contributed by atoms with Gasteiger partial charge in [-0.1, -0.05) is 0 Å². The molecule has 0 radical (unpaired) electrons. The van der Waals surface area contributed by atoms with Crippen molar-refractivity contribution >= 4 is 6.03 Å². The average molecular weight is 335 g/mol. The highest BCUT2D eigenvalue weighted by Gasteiger charge is 2.44. The monoisotopic (exact) mass is 335 g/mol. The van der Waals surface area contributed by atoms with Crippen LogP contribution in [0.3, 0.4) is 0 Å². The first-order valence-electron chi connectivity index (χ1n) is 9.98. The minimum absolute atomic E-state index is 0.181. The summed E-state index contributed by atoms with van der Waals surface area (Å²) in [7, 11) is 0. The predicted octanol–water partition coefficient (Wildman–Crippen LogP) is 2.32. The van der Waals surface area contributed by atoms with E-state index in [9.17, 15) is 4.79 Å². The normalized spacial score (nSPS) is 40.4. The Balaban J connectivity index is 1.33. The fourth-order valence-corrected chi connectivity index (χ4v) is 5.88. The highest BCUT2D eigenvalue weighted by atomic mass is 16.5. The largest absolute Gasteiger partial charge is 0.379 e. The van der Waals surface area contributed by atoms with E-state index in [2.05, 4.69) is 29.0 Å². The number of fused-ring (bicyclic) bond motifs is 1. The van der Waals surface area contributed by atoms with Crippen molar-refractivity contribution in [3.63, 3.8) is 0 Å². The maximum Gasteiger partial charge on any atom is 0.317 e. The molecule has 24 heavy (non-hydrogen) atoms. The fourth-order valence-electron chi connectivity index (χ4n) is 5.88. The van der Waals surface area contributed by atoms with Crippen molar-refractivity contribution in [2.75, 3.05) is 32.8 Å². The van der Waals surface area contributed by atoms with Gasteiger partial charge in [-0.25, -0.2) is 4.79 Å². The number of rotatable bonds is 3. The van der Waals surface area contributed by atoms with Crippen molar-refractivity contribution in [1.29, 1.82) is 0 Å². The van der Waals surface area contributed by atoms with Gasteiger partial charge in [-0.2, -0.15) is 0 Å². The SMILES string of the molecule is C[C@@H]1COCCN1[C@@H](C)CNC(=O)N1CC2C[C@@H]3CC1C[C@H](C2)C3. The second kappa shape index (κ2) is 6.83. The number of carbonyl (C=O) groups excluding carboxylic acids is 1. The molecule has 3 aliphatic heterocycles. The molecular formula is C19H33N3O2. The Hall–Kier alpha value is -0.810. The summed E-state index contributed by atoms with van der Waals surface area (Å²) in [5, 5.41) is 3.24. The molecule has 0 aromatic heterocycles. The highest BCUT2D eigenvalue weighted by molar-refractivity contribution is 5.74. The number of ether oxygens (including phenoxy) is 1. The van der Waals surface area contributed by atoms with Gasteiger partial charge in [0.1, 0.15) is 0 Å². The minimum atomic E-state index is 0.181. The van der Waals surface area contributed by atoms with Gasteiger partial charge in [-0.15, -0.1) is 0 Å². The number of morpholine rings is 1. The topological polar surface area (TPSA) is 44.8 Å². The predicted molar refractivity (Wildman–Crippen MR) is 93.9 cm³/mol. The van der Waals surface area contributed by atoms with Crippen molar-refractivity contribution in [2.24, 2.45) is 17.8 Å². The molecular weight excluding hydrogens is 302 g/mol. The van der Waals surface area contributed by atoms with E-state index in [-0.39, 0.29) is 6.03 Å². The van der Waals surface area contributed by atoms with Gasteiger partial charge in [0.2, 0.25) is 0 Å². The van der Waals surface area contributed by atoms with E-state index in [0.717, 1.165) is 50.6 Å². The molecule has 136 valence electrons. The van der Waals surface area contributed by atoms with Crippen LogP contribution in [-0.2, 0) is 4.74 Å². The average Bonchev–Trinajstić information content (AvgIpc) is 2.76. The van der Waals surface area contributed by atoms with E-state index >= 15 is 0 Å². The Morgan fingerprint density at radius 1 is 1.17 bits per heavy atom. The van der Waals surface area contributed by atoms with Crippen LogP contribution >= 0.6 is 0 Å². The van der Waals surface area contributed by atoms with Crippen molar-refractivity contribution in [3.05, 3.63) is 0 Å². The standard InChI is InChI=1S/C19H33N3O2/c1-13(21-3-4-24-12-14(21)2)10-20-19(23)22-11-17-6-15-5-16(7-17)9-18(22)8-15/h13-18H,3-12H2,1-2H3,(H,20,23)/t13-,14+,15-,16+,17?,18?/m0/s1. The second-order valence-corrected chi connectivity index (χ2v) is 8.78. The van der Waals surface area contributed by atoms with E-state index in [1.807, 2.05) is 0 Å². The van der Waals surface area contributed by atoms with Gasteiger partial charge < -0.3 is 15.0 Å². The quantitative estimate of drug-likeness (QED) is 0.861. The molecule has 3 heterocycles. The summed E-state index contributed by atoms with van der Waals surface area (Å²) in [6.07, 6.45) is 6.64. The summed E-state index contributed by atoms with van der Waals surface area (Å²) in [6.45, 7) is 8.74. The molecule has 2 amide bonds. The smallest absolute Gasteiger partial charge is 0.317 e. The lowest BCUT2D eigenvalue weighted by Gasteiger charge is -2.39. The molecule has 2 unspecified atom stereocenters. The van der Waals surface area contributed by atoms with Crippen molar-refractivity contribution < 1.29 is 9.53 Å². The Morgan fingerprint density at radius 2 is 1.88 bits per heavy atom. The molecule has 5 heteroatoms. The van der Waals surface area contributed by atoms with Crippen molar-refractivity contribution in [1.82, 2.24) is 15.1 Å². The third kappa shape index (κ3) is 3.30. The van der Waals surface area contributed by atoms with Crippen LogP contribution in [0, 0.1) is 17.8 Å². The Bertz CT molecular complexity index is 458. The molecule has 1 N–H and O–H groups in total. The van der Waals surface area contributed by atoms with Crippen molar-refractivity contribution in [2.45, 2.75) is 64.1 Å². The van der Waals surface area contributed by atoms with Crippen LogP contribution < -0.4 is 5.32 Å². The van der Waals surface area contributed by atoms with E-state index in [4.69, 9.17) is 4.74 Å². The first kappa shape index (κ1) is 16.6. The van der Waals surface area contributed by atoms with Crippen LogP contribution in [0.1, 0.15) is 46.0 Å². The maximum atomic E-state index is 12.9. The van der Waals surface area contributed by atoms with Gasteiger partial charge in [0, 0.05) is 37.8 Å². The van der Waals surface area contributed by atoms with Gasteiger partial charge in [0.15, 0.2) is 0 Å². The molecule has 0 aromatic rings. The molecule has 5 nitrogen and oxygen atoms in total. The Kier molecular flexibility index (Phi) is 4.74. The van der Waals surface area contributed by atoms with E-state index in [1.54, 1.807) is 0 Å². The molecule has 6 atom stereocenters. The van der Waals surface area contributed by atoms with Gasteiger partial charge in [-0.05, 0) is 63.7 Å². The van der Waals surface area contributed by atoms with E-state index in [1.165, 1.54) is 32.1 Å². The summed E-state index contributed by atoms with van der Waals surface area (Å²) >= 11 is 0. The Morgan fingerprint density at radius 3 is 2.58 bits per heavy atom. The van der Waals surface area contributed by atoms with E-state index in [0.29, 0.717) is 18.1 Å². The molecule has 0 spiro atoms. The van der Waals surface area contributed by atoms with Crippen molar-refractivity contribution in [3.8, 4) is 0 Å². The zero-order chi connectivity index (χ0) is 16.7. The number of nitrogens with zero attached hydrogens (tertiary/aromatic N) is 2. The van der Waals surface area contributed by atoms with Crippen LogP contribution in [0.25, 0.3) is 0 Å². The lowest BCUT2D eigenvalue weighted by Crippen LogP contribution is -2.54. The van der Waals surface area contributed by atoms with Crippen LogP contribution in [0.5, 0.6) is 0 Å². The van der Waals surface area contributed by atoms with Crippen LogP contribution in [-0.4, -0.2) is 66.8 Å². The highest BCUT2D eigenvalue weighted by Crippen LogP contribution is 2.47. The van der Waals surface area contributed by atoms with Gasteiger partial charge >= 0.3 is 6.03 Å². The van der Waals surface area contributed by atoms with Crippen LogP contribution in [0.4, 0.5) is 4.79 Å². The zero-order valence-corrected chi connectivity index (χ0v) is 15.2. The molecule has 3 saturated heterocycles. The molecule has 5 aliphatic rings. The number of urea groups is 1. The summed E-state index contributed by atoms with van der Waals surface area (Å²) < 4.78 is 5.52.